The quantitative estimate of drug-likeness (QED) is 0.181. The van der Waals surface area contributed by atoms with Crippen molar-refractivity contribution >= 4 is 23.1 Å². The van der Waals surface area contributed by atoms with E-state index < -0.39 is 9.85 Å². The van der Waals surface area contributed by atoms with E-state index in [1.165, 1.54) is 30.3 Å². The molecule has 32 heavy (non-hydrogen) atoms. The van der Waals surface area contributed by atoms with Crippen LogP contribution in [0.3, 0.4) is 0 Å². The largest absolute Gasteiger partial charge is 0.339 e. The lowest BCUT2D eigenvalue weighted by Gasteiger charge is -2.08. The summed E-state index contributed by atoms with van der Waals surface area (Å²) in [6, 6.07) is 9.40. The lowest BCUT2D eigenvalue weighted by molar-refractivity contribution is -0.396. The number of nitrogens with zero attached hydrogens (tertiary/aromatic N) is 4. The maximum atomic E-state index is 11.4. The Bertz CT molecular complexity index is 1210. The summed E-state index contributed by atoms with van der Waals surface area (Å²) in [6.45, 7) is 2.16. The molecule has 0 saturated carbocycles. The predicted molar refractivity (Wildman–Crippen MR) is 124 cm³/mol. The zero-order valence-electron chi connectivity index (χ0n) is 17.8. The second-order valence-corrected chi connectivity index (χ2v) is 8.17. The van der Waals surface area contributed by atoms with Crippen LogP contribution in [0, 0.1) is 32.1 Å². The van der Waals surface area contributed by atoms with E-state index in [-0.39, 0.29) is 11.4 Å². The highest BCUT2D eigenvalue weighted by Crippen LogP contribution is 2.38. The van der Waals surface area contributed by atoms with Crippen LogP contribution in [0.25, 0.3) is 11.3 Å². The van der Waals surface area contributed by atoms with Gasteiger partial charge < -0.3 is 4.57 Å². The zero-order chi connectivity index (χ0) is 23.1. The van der Waals surface area contributed by atoms with Gasteiger partial charge in [0.15, 0.2) is 0 Å². The van der Waals surface area contributed by atoms with Crippen molar-refractivity contribution in [1.82, 2.24) is 9.55 Å². The van der Waals surface area contributed by atoms with E-state index in [0.29, 0.717) is 4.90 Å². The molecule has 2 aromatic heterocycles. The molecule has 0 aliphatic carbocycles. The van der Waals surface area contributed by atoms with Crippen molar-refractivity contribution in [2.45, 2.75) is 42.5 Å². The standard InChI is InChI=1S/C23H22N4O4S/c1-3-4-5-6-7-8-17-13-18(16-24-15-17)20-10-12-23(25(20)2)32-22-11-9-19(26(28)29)14-21(22)27(30)31/h9-16H,3-6H2,1-2H3. The van der Waals surface area contributed by atoms with Crippen molar-refractivity contribution in [3.05, 3.63) is 74.6 Å². The molecule has 0 spiro atoms. The lowest BCUT2D eigenvalue weighted by atomic mass is 10.1. The fourth-order valence-corrected chi connectivity index (χ4v) is 4.09. The second-order valence-electron chi connectivity index (χ2n) is 7.11. The van der Waals surface area contributed by atoms with E-state index in [4.69, 9.17) is 0 Å². The van der Waals surface area contributed by atoms with Gasteiger partial charge in [-0.15, -0.1) is 0 Å². The van der Waals surface area contributed by atoms with Gasteiger partial charge in [-0.3, -0.25) is 25.2 Å². The number of pyridine rings is 1. The van der Waals surface area contributed by atoms with Gasteiger partial charge in [-0.2, -0.15) is 0 Å². The Balaban J connectivity index is 1.84. The van der Waals surface area contributed by atoms with Crippen molar-refractivity contribution in [2.75, 3.05) is 0 Å². The average Bonchev–Trinajstić information content (AvgIpc) is 3.14. The molecule has 3 rings (SSSR count). The fraction of sp³-hybridized carbons (Fsp3) is 0.261. The van der Waals surface area contributed by atoms with Gasteiger partial charge in [0.2, 0.25) is 0 Å². The molecule has 164 valence electrons. The molecule has 0 aliphatic heterocycles. The summed E-state index contributed by atoms with van der Waals surface area (Å²) in [4.78, 5) is 25.8. The molecule has 9 heteroatoms. The zero-order valence-corrected chi connectivity index (χ0v) is 18.6. The molecule has 0 radical (unpaired) electrons. The SMILES string of the molecule is CCCCCC#Cc1cncc(-c2ccc(Sc3ccc([N+](=O)[O-])cc3[N+](=O)[O-])n2C)c1. The van der Waals surface area contributed by atoms with Crippen LogP contribution in [0.4, 0.5) is 11.4 Å². The molecule has 3 aromatic rings. The Morgan fingerprint density at radius 3 is 2.59 bits per heavy atom. The number of non-ortho nitro benzene ring substituents is 1. The Morgan fingerprint density at radius 2 is 1.88 bits per heavy atom. The normalized spacial score (nSPS) is 10.4. The summed E-state index contributed by atoms with van der Waals surface area (Å²) in [6.07, 6.45) is 7.76. The number of nitro groups is 2. The van der Waals surface area contributed by atoms with Gasteiger partial charge in [0.25, 0.3) is 11.4 Å². The van der Waals surface area contributed by atoms with Gasteiger partial charge in [0.05, 0.1) is 31.5 Å². The van der Waals surface area contributed by atoms with Gasteiger partial charge in [-0.25, -0.2) is 0 Å². The lowest BCUT2D eigenvalue weighted by Crippen LogP contribution is -1.97. The molecule has 2 heterocycles. The summed E-state index contributed by atoms with van der Waals surface area (Å²) >= 11 is 1.18. The Hall–Kier alpha value is -3.64. The van der Waals surface area contributed by atoms with Crippen LogP contribution in [0.2, 0.25) is 0 Å². The Morgan fingerprint density at radius 1 is 1.06 bits per heavy atom. The van der Waals surface area contributed by atoms with E-state index in [2.05, 4.69) is 23.7 Å². The van der Waals surface area contributed by atoms with Crippen LogP contribution in [0.5, 0.6) is 0 Å². The topological polar surface area (TPSA) is 104 Å². The summed E-state index contributed by atoms with van der Waals surface area (Å²) < 4.78 is 1.91. The third-order valence-corrected chi connectivity index (χ3v) is 6.00. The van der Waals surface area contributed by atoms with Gasteiger partial charge in [-0.1, -0.05) is 43.4 Å². The maximum absolute atomic E-state index is 11.4. The predicted octanol–water partition coefficient (Wildman–Crippen LogP) is 5.99. The molecule has 1 aromatic carbocycles. The molecule has 0 aliphatic rings. The summed E-state index contributed by atoms with van der Waals surface area (Å²) in [5.41, 5.74) is 2.00. The van der Waals surface area contributed by atoms with Crippen molar-refractivity contribution < 1.29 is 9.85 Å². The van der Waals surface area contributed by atoms with Crippen LogP contribution in [0.15, 0.2) is 58.7 Å². The minimum Gasteiger partial charge on any atom is -0.339 e. The molecule has 0 unspecified atom stereocenters. The molecule has 0 bridgehead atoms. The third-order valence-electron chi connectivity index (χ3n) is 4.81. The summed E-state index contributed by atoms with van der Waals surface area (Å²) in [5, 5.41) is 23.1. The number of aromatic nitrogens is 2. The van der Waals surface area contributed by atoms with E-state index >= 15 is 0 Å². The third kappa shape index (κ3) is 5.53. The molecule has 0 atom stereocenters. The molecule has 0 saturated heterocycles. The minimum absolute atomic E-state index is 0.297. The number of benzene rings is 1. The van der Waals surface area contributed by atoms with Gasteiger partial charge in [0.1, 0.15) is 0 Å². The average molecular weight is 451 g/mol. The Kier molecular flexibility index (Phi) is 7.63. The number of hydrogen-bond donors (Lipinski definition) is 0. The van der Waals surface area contributed by atoms with Crippen LogP contribution >= 0.6 is 11.8 Å². The van der Waals surface area contributed by atoms with Crippen LogP contribution in [-0.2, 0) is 7.05 Å². The van der Waals surface area contributed by atoms with E-state index in [1.807, 2.05) is 29.8 Å². The first-order valence-corrected chi connectivity index (χ1v) is 10.9. The maximum Gasteiger partial charge on any atom is 0.290 e. The number of rotatable bonds is 8. The molecular weight excluding hydrogens is 428 g/mol. The first-order chi connectivity index (χ1) is 15.4. The fourth-order valence-electron chi connectivity index (χ4n) is 3.12. The molecule has 0 fully saturated rings. The van der Waals surface area contributed by atoms with E-state index in [1.54, 1.807) is 12.4 Å². The molecular formula is C23H22N4O4S. The molecule has 0 N–H and O–H groups in total. The number of hydrogen-bond acceptors (Lipinski definition) is 6. The smallest absolute Gasteiger partial charge is 0.290 e. The highest BCUT2D eigenvalue weighted by Gasteiger charge is 2.21. The molecule has 8 nitrogen and oxygen atoms in total. The van der Waals surface area contributed by atoms with Crippen molar-refractivity contribution in [1.29, 1.82) is 0 Å². The first-order valence-electron chi connectivity index (χ1n) is 10.1. The minimum atomic E-state index is -0.644. The van der Waals surface area contributed by atoms with Crippen LogP contribution in [-0.4, -0.2) is 19.4 Å². The first kappa shape index (κ1) is 23.0. The van der Waals surface area contributed by atoms with Crippen molar-refractivity contribution in [3.63, 3.8) is 0 Å². The van der Waals surface area contributed by atoms with E-state index in [9.17, 15) is 20.2 Å². The summed E-state index contributed by atoms with van der Waals surface area (Å²) in [7, 11) is 1.86. The van der Waals surface area contributed by atoms with Gasteiger partial charge in [-0.05, 0) is 30.7 Å². The van der Waals surface area contributed by atoms with Crippen molar-refractivity contribution in [2.24, 2.45) is 7.05 Å². The Labute approximate surface area is 190 Å². The summed E-state index contributed by atoms with van der Waals surface area (Å²) in [5.74, 6) is 6.34. The second kappa shape index (κ2) is 10.6. The highest BCUT2D eigenvalue weighted by atomic mass is 32.2. The monoisotopic (exact) mass is 450 g/mol. The number of unbranched alkanes of at least 4 members (excludes halogenated alkanes) is 3. The van der Waals surface area contributed by atoms with Crippen molar-refractivity contribution in [3.8, 4) is 23.1 Å². The van der Waals surface area contributed by atoms with Crippen LogP contribution in [0.1, 0.15) is 38.2 Å². The van der Waals surface area contributed by atoms with E-state index in [0.717, 1.165) is 47.2 Å². The van der Waals surface area contributed by atoms with Crippen LogP contribution < -0.4 is 0 Å². The highest BCUT2D eigenvalue weighted by molar-refractivity contribution is 7.99. The molecule has 0 amide bonds. The van der Waals surface area contributed by atoms with Gasteiger partial charge >= 0.3 is 0 Å². The van der Waals surface area contributed by atoms with Gasteiger partial charge in [0, 0.05) is 43.1 Å². The number of nitro benzene ring substituents is 2.